The van der Waals surface area contributed by atoms with Gasteiger partial charge in [-0.15, -0.1) is 0 Å². The van der Waals surface area contributed by atoms with Crippen LogP contribution in [0.1, 0.15) is 18.9 Å². The second-order valence-corrected chi connectivity index (χ2v) is 5.44. The van der Waals surface area contributed by atoms with Crippen molar-refractivity contribution in [3.63, 3.8) is 0 Å². The predicted octanol–water partition coefficient (Wildman–Crippen LogP) is 2.16. The molecule has 17 heavy (non-hydrogen) atoms. The molecule has 1 N–H and O–H groups in total. The predicted molar refractivity (Wildman–Crippen MR) is 69.6 cm³/mol. The van der Waals surface area contributed by atoms with Crippen molar-refractivity contribution in [1.82, 2.24) is 4.90 Å². The summed E-state index contributed by atoms with van der Waals surface area (Å²) < 4.78 is 0. The summed E-state index contributed by atoms with van der Waals surface area (Å²) >= 11 is 0. The molecule has 90 valence electrons. The van der Waals surface area contributed by atoms with E-state index in [1.54, 1.807) is 0 Å². The molecule has 3 rings (SSSR count). The Labute approximate surface area is 103 Å². The molecule has 2 heteroatoms. The van der Waals surface area contributed by atoms with Crippen LogP contribution in [0.2, 0.25) is 0 Å². The smallest absolute Gasteiger partial charge is 0.0712 e. The Balaban J connectivity index is 1.99. The van der Waals surface area contributed by atoms with Gasteiger partial charge in [-0.25, -0.2) is 0 Å². The summed E-state index contributed by atoms with van der Waals surface area (Å²) in [6.07, 6.45) is 3.17. The van der Waals surface area contributed by atoms with Gasteiger partial charge < -0.3 is 5.11 Å². The second-order valence-electron chi connectivity index (χ2n) is 5.44. The van der Waals surface area contributed by atoms with E-state index in [1.165, 1.54) is 11.1 Å². The van der Waals surface area contributed by atoms with Gasteiger partial charge in [-0.1, -0.05) is 36.4 Å². The van der Waals surface area contributed by atoms with E-state index in [4.69, 9.17) is 0 Å². The molecule has 0 aliphatic carbocycles. The molecule has 1 aromatic rings. The third-order valence-corrected chi connectivity index (χ3v) is 4.18. The quantitative estimate of drug-likeness (QED) is 0.797. The zero-order chi connectivity index (χ0) is 11.9. The lowest BCUT2D eigenvalue weighted by atomic mass is 9.74. The first-order valence-electron chi connectivity index (χ1n) is 6.37. The van der Waals surface area contributed by atoms with Crippen LogP contribution in [0.4, 0.5) is 0 Å². The van der Waals surface area contributed by atoms with Gasteiger partial charge in [0.2, 0.25) is 0 Å². The number of fused-ring (bicyclic) bond motifs is 2. The van der Waals surface area contributed by atoms with Crippen LogP contribution in [0.3, 0.4) is 0 Å². The molecule has 2 nitrogen and oxygen atoms in total. The number of nitrogens with zero attached hydrogens (tertiary/aromatic N) is 1. The highest BCUT2D eigenvalue weighted by Gasteiger charge is 2.41. The van der Waals surface area contributed by atoms with Crippen molar-refractivity contribution in [1.29, 1.82) is 0 Å². The number of piperidine rings is 1. The Bertz CT molecular complexity index is 435. The lowest BCUT2D eigenvalue weighted by Gasteiger charge is -2.46. The fourth-order valence-electron chi connectivity index (χ4n) is 3.02. The largest absolute Gasteiger partial charge is 0.389 e. The van der Waals surface area contributed by atoms with Crippen molar-refractivity contribution in [3.8, 4) is 0 Å². The molecule has 3 unspecified atom stereocenters. The topological polar surface area (TPSA) is 23.5 Å². The van der Waals surface area contributed by atoms with Crippen molar-refractivity contribution in [3.05, 3.63) is 42.0 Å². The summed E-state index contributed by atoms with van der Waals surface area (Å²) in [4.78, 5) is 2.43. The van der Waals surface area contributed by atoms with Crippen molar-refractivity contribution in [2.75, 3.05) is 19.6 Å². The first-order valence-corrected chi connectivity index (χ1v) is 6.37. The maximum absolute atomic E-state index is 10.6. The van der Waals surface area contributed by atoms with Crippen LogP contribution in [-0.2, 0) is 0 Å². The van der Waals surface area contributed by atoms with E-state index in [1.807, 2.05) is 13.0 Å². The standard InChI is InChI=1S/C15H19NO/c1-15(17)8-10-16-9-7-13(14(15)11-16)12-5-3-2-4-6-12/h2-7,14,17H,8-11H2,1H3. The minimum absolute atomic E-state index is 0.257. The first kappa shape index (κ1) is 11.0. The Morgan fingerprint density at radius 2 is 2.06 bits per heavy atom. The van der Waals surface area contributed by atoms with Crippen LogP contribution >= 0.6 is 0 Å². The van der Waals surface area contributed by atoms with Crippen molar-refractivity contribution in [2.45, 2.75) is 18.9 Å². The number of aliphatic hydroxyl groups is 1. The highest BCUT2D eigenvalue weighted by Crippen LogP contribution is 2.39. The van der Waals surface area contributed by atoms with Crippen LogP contribution in [0.15, 0.2) is 36.4 Å². The number of rotatable bonds is 1. The van der Waals surface area contributed by atoms with Gasteiger partial charge in [-0.05, 0) is 24.5 Å². The maximum atomic E-state index is 10.6. The average Bonchev–Trinajstić information content (AvgIpc) is 2.36. The van der Waals surface area contributed by atoms with Gasteiger partial charge >= 0.3 is 0 Å². The van der Waals surface area contributed by atoms with E-state index in [0.29, 0.717) is 0 Å². The maximum Gasteiger partial charge on any atom is 0.0712 e. The van der Waals surface area contributed by atoms with E-state index in [-0.39, 0.29) is 5.92 Å². The Morgan fingerprint density at radius 3 is 2.82 bits per heavy atom. The zero-order valence-corrected chi connectivity index (χ0v) is 10.3. The first-order chi connectivity index (χ1) is 8.17. The van der Waals surface area contributed by atoms with Gasteiger partial charge in [0, 0.05) is 25.6 Å². The number of hydrogen-bond donors (Lipinski definition) is 1. The zero-order valence-electron chi connectivity index (χ0n) is 10.3. The summed E-state index contributed by atoms with van der Waals surface area (Å²) in [5.41, 5.74) is 2.03. The molecule has 1 aromatic carbocycles. The molecule has 0 amide bonds. The molecule has 2 aliphatic heterocycles. The molecule has 0 spiro atoms. The third-order valence-electron chi connectivity index (χ3n) is 4.18. The van der Waals surface area contributed by atoms with Gasteiger partial charge in [0.1, 0.15) is 0 Å². The third kappa shape index (κ3) is 1.92. The number of hydrogen-bond acceptors (Lipinski definition) is 2. The Hall–Kier alpha value is -1.12. The average molecular weight is 229 g/mol. The molecule has 2 bridgehead atoms. The van der Waals surface area contributed by atoms with Gasteiger partial charge in [0.15, 0.2) is 0 Å². The minimum Gasteiger partial charge on any atom is -0.389 e. The second kappa shape index (κ2) is 3.97. The molecular weight excluding hydrogens is 210 g/mol. The monoisotopic (exact) mass is 229 g/mol. The molecule has 1 fully saturated rings. The van der Waals surface area contributed by atoms with Gasteiger partial charge in [0.25, 0.3) is 0 Å². The van der Waals surface area contributed by atoms with Crippen LogP contribution < -0.4 is 0 Å². The summed E-state index contributed by atoms with van der Waals surface area (Å²) in [7, 11) is 0. The van der Waals surface area contributed by atoms with E-state index in [0.717, 1.165) is 26.1 Å². The molecular formula is C15H19NO. The normalized spacial score (nSPS) is 36.5. The molecule has 0 radical (unpaired) electrons. The van der Waals surface area contributed by atoms with Gasteiger partial charge in [-0.2, -0.15) is 0 Å². The van der Waals surface area contributed by atoms with E-state index in [2.05, 4.69) is 35.2 Å². The summed E-state index contributed by atoms with van der Waals surface area (Å²) in [6, 6.07) is 10.5. The van der Waals surface area contributed by atoms with Crippen molar-refractivity contribution >= 4 is 5.57 Å². The minimum atomic E-state index is -0.557. The van der Waals surface area contributed by atoms with Gasteiger partial charge in [-0.3, -0.25) is 4.90 Å². The highest BCUT2D eigenvalue weighted by atomic mass is 16.3. The van der Waals surface area contributed by atoms with Crippen molar-refractivity contribution < 1.29 is 5.11 Å². The van der Waals surface area contributed by atoms with E-state index < -0.39 is 5.60 Å². The lowest BCUT2D eigenvalue weighted by molar-refractivity contribution is -0.0366. The van der Waals surface area contributed by atoms with Crippen LogP contribution in [0, 0.1) is 5.92 Å². The Kier molecular flexibility index (Phi) is 2.57. The lowest BCUT2D eigenvalue weighted by Crippen LogP contribution is -2.52. The molecule has 2 aliphatic rings. The SMILES string of the molecule is CC1(O)CCN2CC=C(c3ccccc3)C1C2. The highest BCUT2D eigenvalue weighted by molar-refractivity contribution is 5.69. The van der Waals surface area contributed by atoms with E-state index in [9.17, 15) is 5.11 Å². The van der Waals surface area contributed by atoms with Crippen LogP contribution in [0.5, 0.6) is 0 Å². The van der Waals surface area contributed by atoms with Crippen LogP contribution in [-0.4, -0.2) is 35.2 Å². The molecule has 0 saturated carbocycles. The summed E-state index contributed by atoms with van der Waals surface area (Å²) in [6.45, 7) is 5.02. The van der Waals surface area contributed by atoms with Crippen LogP contribution in [0.25, 0.3) is 5.57 Å². The van der Waals surface area contributed by atoms with Crippen molar-refractivity contribution in [2.24, 2.45) is 5.92 Å². The Morgan fingerprint density at radius 1 is 1.29 bits per heavy atom. The summed E-state index contributed by atoms with van der Waals surface area (Å²) in [5, 5.41) is 10.6. The number of benzene rings is 1. The molecule has 1 saturated heterocycles. The fourth-order valence-corrected chi connectivity index (χ4v) is 3.02. The molecule has 3 atom stereocenters. The van der Waals surface area contributed by atoms with E-state index >= 15 is 0 Å². The fraction of sp³-hybridized carbons (Fsp3) is 0.467. The summed E-state index contributed by atoms with van der Waals surface area (Å²) in [5.74, 6) is 0.257. The van der Waals surface area contributed by atoms with Gasteiger partial charge in [0.05, 0.1) is 5.60 Å². The molecule has 2 heterocycles. The molecule has 0 aromatic heterocycles.